The van der Waals surface area contributed by atoms with E-state index in [1.165, 1.54) is 30.6 Å². The van der Waals surface area contributed by atoms with Gasteiger partial charge in [-0.05, 0) is 82.6 Å². The number of sulfonamides is 1. The second-order valence-electron chi connectivity index (χ2n) is 11.1. The molecule has 2 atom stereocenters. The van der Waals surface area contributed by atoms with Gasteiger partial charge in [0.2, 0.25) is 16.3 Å². The molecule has 258 valence electrons. The van der Waals surface area contributed by atoms with Gasteiger partial charge in [0, 0.05) is 37.5 Å². The van der Waals surface area contributed by atoms with Gasteiger partial charge in [-0.2, -0.15) is 15.6 Å². The fourth-order valence-electron chi connectivity index (χ4n) is 5.13. The quantitative estimate of drug-likeness (QED) is 0.132. The Bertz CT molecular complexity index is 1850. The number of thiophene rings is 1. The third kappa shape index (κ3) is 9.25. The van der Waals surface area contributed by atoms with Crippen LogP contribution in [0, 0.1) is 0 Å². The van der Waals surface area contributed by atoms with Crippen molar-refractivity contribution in [3.63, 3.8) is 0 Å². The number of nitrogen functional groups attached to an aromatic ring is 1. The van der Waals surface area contributed by atoms with Crippen LogP contribution < -0.4 is 21.1 Å². The van der Waals surface area contributed by atoms with Crippen LogP contribution in [-0.2, 0) is 30.8 Å². The van der Waals surface area contributed by atoms with Crippen molar-refractivity contribution in [2.45, 2.75) is 30.1 Å². The highest BCUT2D eigenvalue weighted by Gasteiger charge is 2.30. The zero-order chi connectivity index (χ0) is 34.8. The molecule has 1 aliphatic rings. The van der Waals surface area contributed by atoms with E-state index in [1.54, 1.807) is 66.7 Å². The summed E-state index contributed by atoms with van der Waals surface area (Å²) in [4.78, 5) is 26.0. The summed E-state index contributed by atoms with van der Waals surface area (Å²) in [6.07, 6.45) is 1.34. The standard InChI is InChI=1S/C35H38N4O8S2/c1-45-28-10-12-29(13-11-28)49(43,44)39(15-17-40)16-18-46-33-21-27(26-14-19-48-23-26)20-32(47-33)35(42)37-22-24-6-8-25(9-7-24)34(41)38-31-5-3-2-4-30(31)36/h2-14,19-20,23,27,33,40H,15-18,21-22,36H2,1H3,(H,37,42)(H,38,41)/t27-,33+/m1/s1. The summed E-state index contributed by atoms with van der Waals surface area (Å²) in [6.45, 7) is -0.401. The lowest BCUT2D eigenvalue weighted by molar-refractivity contribution is -0.146. The Balaban J connectivity index is 1.19. The van der Waals surface area contributed by atoms with Crippen LogP contribution in [0.2, 0.25) is 0 Å². The van der Waals surface area contributed by atoms with Gasteiger partial charge in [0.1, 0.15) is 5.75 Å². The van der Waals surface area contributed by atoms with Gasteiger partial charge < -0.3 is 35.7 Å². The first kappa shape index (κ1) is 35.6. The van der Waals surface area contributed by atoms with Crippen LogP contribution in [0.1, 0.15) is 33.8 Å². The molecule has 5 N–H and O–H groups in total. The molecule has 0 fully saturated rings. The van der Waals surface area contributed by atoms with E-state index in [1.807, 2.05) is 16.8 Å². The number of para-hydroxylation sites is 2. The maximum Gasteiger partial charge on any atom is 0.286 e. The number of hydrogen-bond donors (Lipinski definition) is 4. The number of aliphatic hydroxyl groups is 1. The van der Waals surface area contributed by atoms with E-state index < -0.39 is 22.2 Å². The molecule has 3 aromatic carbocycles. The number of anilines is 2. The third-order valence-corrected chi connectivity index (χ3v) is 10.4. The summed E-state index contributed by atoms with van der Waals surface area (Å²) in [5.74, 6) is -0.316. The van der Waals surface area contributed by atoms with Crippen molar-refractivity contribution in [3.05, 3.63) is 118 Å². The first-order valence-corrected chi connectivity index (χ1v) is 17.9. The van der Waals surface area contributed by atoms with Crippen LogP contribution in [0.15, 0.2) is 106 Å². The highest BCUT2D eigenvalue weighted by Crippen LogP contribution is 2.33. The number of carbonyl (C=O) groups is 2. The van der Waals surface area contributed by atoms with Crippen LogP contribution in [0.4, 0.5) is 11.4 Å². The zero-order valence-corrected chi connectivity index (χ0v) is 28.4. The molecule has 2 amide bonds. The fourth-order valence-corrected chi connectivity index (χ4v) is 7.27. The molecule has 0 bridgehead atoms. The van der Waals surface area contributed by atoms with E-state index in [4.69, 9.17) is 19.9 Å². The number of hydrogen-bond acceptors (Lipinski definition) is 10. The summed E-state index contributed by atoms with van der Waals surface area (Å²) < 4.78 is 44.8. The van der Waals surface area contributed by atoms with Gasteiger partial charge in [-0.1, -0.05) is 24.3 Å². The lowest BCUT2D eigenvalue weighted by atomic mass is 9.95. The molecule has 0 unspecified atom stereocenters. The number of nitrogens with one attached hydrogen (secondary N) is 2. The average Bonchev–Trinajstić information content (AvgIpc) is 3.67. The molecule has 0 spiro atoms. The number of nitrogens with zero attached hydrogens (tertiary/aromatic N) is 1. The van der Waals surface area contributed by atoms with Crippen molar-refractivity contribution in [3.8, 4) is 5.75 Å². The van der Waals surface area contributed by atoms with Crippen LogP contribution >= 0.6 is 11.3 Å². The third-order valence-electron chi connectivity index (χ3n) is 7.82. The van der Waals surface area contributed by atoms with Crippen LogP contribution in [-0.4, -0.2) is 69.3 Å². The van der Waals surface area contributed by atoms with Crippen molar-refractivity contribution >= 4 is 44.5 Å². The predicted octanol–water partition coefficient (Wildman–Crippen LogP) is 4.32. The molecule has 0 saturated carbocycles. The second kappa shape index (κ2) is 16.6. The smallest absolute Gasteiger partial charge is 0.286 e. The first-order valence-electron chi connectivity index (χ1n) is 15.5. The summed E-state index contributed by atoms with van der Waals surface area (Å²) in [5, 5.41) is 19.2. The zero-order valence-electron chi connectivity index (χ0n) is 26.8. The summed E-state index contributed by atoms with van der Waals surface area (Å²) in [6, 6.07) is 21.8. The molecular weight excluding hydrogens is 669 g/mol. The Kier molecular flexibility index (Phi) is 12.0. The van der Waals surface area contributed by atoms with E-state index in [0.717, 1.165) is 15.4 Å². The van der Waals surface area contributed by atoms with E-state index >= 15 is 0 Å². The Morgan fingerprint density at radius 2 is 1.78 bits per heavy atom. The molecule has 14 heteroatoms. The summed E-state index contributed by atoms with van der Waals surface area (Å²) in [5.41, 5.74) is 9.11. The Morgan fingerprint density at radius 3 is 2.45 bits per heavy atom. The Labute approximate surface area is 289 Å². The minimum Gasteiger partial charge on any atom is -0.497 e. The largest absolute Gasteiger partial charge is 0.497 e. The lowest BCUT2D eigenvalue weighted by Crippen LogP contribution is -2.38. The van der Waals surface area contributed by atoms with E-state index in [9.17, 15) is 23.1 Å². The lowest BCUT2D eigenvalue weighted by Gasteiger charge is -2.30. The number of benzene rings is 3. The van der Waals surface area contributed by atoms with Crippen LogP contribution in [0.5, 0.6) is 5.75 Å². The van der Waals surface area contributed by atoms with Gasteiger partial charge in [0.15, 0.2) is 5.76 Å². The van der Waals surface area contributed by atoms with Crippen molar-refractivity contribution in [2.75, 3.05) is 44.5 Å². The van der Waals surface area contributed by atoms with Gasteiger partial charge in [-0.15, -0.1) is 0 Å². The molecule has 2 heterocycles. The molecule has 12 nitrogen and oxygen atoms in total. The van der Waals surface area contributed by atoms with E-state index in [2.05, 4.69) is 10.6 Å². The SMILES string of the molecule is COc1ccc(S(=O)(=O)N(CCO)CCO[C@@H]2C[C@H](c3ccsc3)C=C(C(=O)NCc3ccc(C(=O)Nc4ccccc4N)cc3)O2)cc1. The Morgan fingerprint density at radius 1 is 1.02 bits per heavy atom. The number of allylic oxidation sites excluding steroid dienone is 1. The molecule has 4 aromatic rings. The van der Waals surface area contributed by atoms with Crippen molar-refractivity contribution in [2.24, 2.45) is 0 Å². The van der Waals surface area contributed by atoms with Crippen LogP contribution in [0.25, 0.3) is 0 Å². The molecule has 1 aliphatic heterocycles. The van der Waals surface area contributed by atoms with E-state index in [0.29, 0.717) is 29.1 Å². The topological polar surface area (TPSA) is 170 Å². The number of ether oxygens (including phenoxy) is 3. The predicted molar refractivity (Wildman–Crippen MR) is 187 cm³/mol. The number of rotatable bonds is 15. The average molecular weight is 707 g/mol. The minimum atomic E-state index is -3.92. The van der Waals surface area contributed by atoms with Gasteiger partial charge in [0.05, 0.1) is 36.6 Å². The van der Waals surface area contributed by atoms with Crippen LogP contribution in [0.3, 0.4) is 0 Å². The van der Waals surface area contributed by atoms with E-state index in [-0.39, 0.29) is 55.3 Å². The maximum atomic E-state index is 13.3. The van der Waals surface area contributed by atoms with Gasteiger partial charge in [-0.3, -0.25) is 9.59 Å². The number of amides is 2. The van der Waals surface area contributed by atoms with Gasteiger partial charge in [-0.25, -0.2) is 8.42 Å². The van der Waals surface area contributed by atoms with Gasteiger partial charge in [0.25, 0.3) is 11.8 Å². The molecule has 5 rings (SSSR count). The molecule has 1 aromatic heterocycles. The highest BCUT2D eigenvalue weighted by molar-refractivity contribution is 7.89. The monoisotopic (exact) mass is 706 g/mol. The normalized spacial score (nSPS) is 16.0. The second-order valence-corrected chi connectivity index (χ2v) is 13.8. The van der Waals surface area contributed by atoms with Crippen molar-refractivity contribution < 1.29 is 37.3 Å². The molecule has 0 radical (unpaired) electrons. The van der Waals surface area contributed by atoms with Crippen molar-refractivity contribution in [1.82, 2.24) is 9.62 Å². The molecule has 49 heavy (non-hydrogen) atoms. The Hall–Kier alpha value is -4.73. The summed E-state index contributed by atoms with van der Waals surface area (Å²) in [7, 11) is -2.43. The number of methoxy groups -OCH3 is 1. The molecular formula is C35H38N4O8S2. The first-order chi connectivity index (χ1) is 23.7. The number of nitrogens with two attached hydrogens (primary N) is 1. The van der Waals surface area contributed by atoms with Gasteiger partial charge >= 0.3 is 0 Å². The maximum absolute atomic E-state index is 13.3. The highest BCUT2D eigenvalue weighted by atomic mass is 32.2. The fraction of sp³-hybridized carbons (Fsp3) is 0.257. The van der Waals surface area contributed by atoms with Crippen molar-refractivity contribution in [1.29, 1.82) is 0 Å². The molecule has 0 aliphatic carbocycles. The number of aliphatic hydroxyl groups excluding tert-OH is 1. The minimum absolute atomic E-state index is 0.0396. The molecule has 0 saturated heterocycles. The summed E-state index contributed by atoms with van der Waals surface area (Å²) >= 11 is 1.53. The number of carbonyl (C=O) groups excluding carboxylic acids is 2.